The number of rotatable bonds is 12. The molecule has 2 atom stereocenters. The van der Waals surface area contributed by atoms with E-state index in [2.05, 4.69) is 62.2 Å². The summed E-state index contributed by atoms with van der Waals surface area (Å²) in [6.07, 6.45) is 11.1. The van der Waals surface area contributed by atoms with Crippen molar-refractivity contribution in [2.45, 2.75) is 90.0 Å². The van der Waals surface area contributed by atoms with Crippen LogP contribution in [0.25, 0.3) is 11.4 Å². The van der Waals surface area contributed by atoms with E-state index in [-0.39, 0.29) is 36.7 Å². The summed E-state index contributed by atoms with van der Waals surface area (Å²) in [5.41, 5.74) is 5.54. The van der Waals surface area contributed by atoms with E-state index in [4.69, 9.17) is 9.97 Å². The average molecular weight is 722 g/mol. The quantitative estimate of drug-likeness (QED) is 0.156. The van der Waals surface area contributed by atoms with Crippen LogP contribution in [0.3, 0.4) is 0 Å². The van der Waals surface area contributed by atoms with E-state index in [9.17, 15) is 19.5 Å². The molecule has 0 radical (unpaired) electrons. The first-order valence-electron chi connectivity index (χ1n) is 18.7. The number of hydrogen-bond donors (Lipinski definition) is 2. The first kappa shape index (κ1) is 37.2. The van der Waals surface area contributed by atoms with Crippen LogP contribution in [0.2, 0.25) is 0 Å². The van der Waals surface area contributed by atoms with Crippen LogP contribution in [0.1, 0.15) is 97.0 Å². The van der Waals surface area contributed by atoms with Crippen LogP contribution in [0.5, 0.6) is 0 Å². The summed E-state index contributed by atoms with van der Waals surface area (Å²) in [5, 5.41) is 12.3. The number of nitrogens with one attached hydrogen (secondary N) is 1. The van der Waals surface area contributed by atoms with Crippen molar-refractivity contribution in [1.29, 1.82) is 0 Å². The van der Waals surface area contributed by atoms with Gasteiger partial charge in [-0.1, -0.05) is 82.6 Å². The lowest BCUT2D eigenvalue weighted by atomic mass is 9.91. The van der Waals surface area contributed by atoms with Crippen LogP contribution in [0.4, 0.5) is 5.69 Å². The summed E-state index contributed by atoms with van der Waals surface area (Å²) in [6, 6.07) is 19.9. The standard InChI is InChI=1S/C42H51N5O4S/c1-5-6-8-28-10-14-31(15-11-28)30-9-7-21-46(22-20-30)34-24-43-38(44-25-34)32-16-12-29(13-17-32)23-35(40(49)47-26-33(27-47)41(50)51)45-39(48)36-18-19-37(52-36)42(2,3)4/h10-19,24-25,30,33,35H,5-9,20-23,26-27H2,1-4H3,(H,45,48)(H,50,51)/t30?,35-/m0/s1. The molecular formula is C42H51N5O4S. The van der Waals surface area contributed by atoms with Crippen molar-refractivity contribution in [1.82, 2.24) is 20.2 Å². The molecule has 0 aliphatic carbocycles. The van der Waals surface area contributed by atoms with Crippen molar-refractivity contribution >= 4 is 34.8 Å². The van der Waals surface area contributed by atoms with Gasteiger partial charge in [0, 0.05) is 43.0 Å². The smallest absolute Gasteiger partial charge is 0.310 e. The van der Waals surface area contributed by atoms with Crippen LogP contribution < -0.4 is 10.2 Å². The molecule has 2 aliphatic rings. The Morgan fingerprint density at radius 1 is 0.923 bits per heavy atom. The van der Waals surface area contributed by atoms with Crippen molar-refractivity contribution < 1.29 is 19.5 Å². The normalized spacial score (nSPS) is 17.3. The molecule has 0 spiro atoms. The van der Waals surface area contributed by atoms with Gasteiger partial charge >= 0.3 is 5.97 Å². The van der Waals surface area contributed by atoms with Crippen molar-refractivity contribution in [3.05, 3.63) is 99.5 Å². The van der Waals surface area contributed by atoms with E-state index in [0.717, 1.165) is 54.0 Å². The molecule has 274 valence electrons. The van der Waals surface area contributed by atoms with Gasteiger partial charge in [-0.25, -0.2) is 9.97 Å². The predicted octanol–water partition coefficient (Wildman–Crippen LogP) is 7.50. The molecule has 4 heterocycles. The Kier molecular flexibility index (Phi) is 11.7. The van der Waals surface area contributed by atoms with Gasteiger partial charge in [-0.05, 0) is 72.3 Å². The second kappa shape index (κ2) is 16.4. The Labute approximate surface area is 311 Å². The number of aromatic nitrogens is 2. The van der Waals surface area contributed by atoms with Crippen LogP contribution in [-0.4, -0.2) is 70.0 Å². The number of likely N-dealkylation sites (tertiary alicyclic amines) is 1. The second-order valence-electron chi connectivity index (χ2n) is 15.3. The highest BCUT2D eigenvalue weighted by Crippen LogP contribution is 2.32. The summed E-state index contributed by atoms with van der Waals surface area (Å²) in [4.78, 5) is 53.2. The van der Waals surface area contributed by atoms with E-state index in [0.29, 0.717) is 16.6 Å². The summed E-state index contributed by atoms with van der Waals surface area (Å²) in [7, 11) is 0. The summed E-state index contributed by atoms with van der Waals surface area (Å²) in [6.45, 7) is 10.8. The summed E-state index contributed by atoms with van der Waals surface area (Å²) >= 11 is 1.42. The van der Waals surface area contributed by atoms with Gasteiger partial charge in [0.25, 0.3) is 5.91 Å². The predicted molar refractivity (Wildman–Crippen MR) is 207 cm³/mol. The van der Waals surface area contributed by atoms with Crippen molar-refractivity contribution in [3.63, 3.8) is 0 Å². The summed E-state index contributed by atoms with van der Waals surface area (Å²) < 4.78 is 0. The van der Waals surface area contributed by atoms with E-state index < -0.39 is 17.9 Å². The highest BCUT2D eigenvalue weighted by molar-refractivity contribution is 7.14. The lowest BCUT2D eigenvalue weighted by Crippen LogP contribution is -2.59. The van der Waals surface area contributed by atoms with Crippen LogP contribution >= 0.6 is 11.3 Å². The van der Waals surface area contributed by atoms with Gasteiger partial charge < -0.3 is 20.2 Å². The number of hydrogen-bond acceptors (Lipinski definition) is 7. The Hall–Kier alpha value is -4.57. The SMILES string of the molecule is CCCCc1ccc(C2CCCN(c3cnc(-c4ccc(C[C@H](NC(=O)c5ccc(C(C)(C)C)s5)C(=O)N5CC(C(=O)O)C5)cc4)nc3)CC2)cc1. The molecule has 2 amide bonds. The minimum Gasteiger partial charge on any atom is -0.481 e. The highest BCUT2D eigenvalue weighted by atomic mass is 32.1. The maximum Gasteiger partial charge on any atom is 0.310 e. The molecule has 2 aromatic carbocycles. The largest absolute Gasteiger partial charge is 0.481 e. The second-order valence-corrected chi connectivity index (χ2v) is 16.4. The molecule has 2 aliphatic heterocycles. The number of aryl methyl sites for hydroxylation is 1. The number of carbonyl (C=O) groups excluding carboxylic acids is 2. The van der Waals surface area contributed by atoms with E-state index in [1.165, 1.54) is 46.6 Å². The average Bonchev–Trinajstić information content (AvgIpc) is 3.51. The molecule has 2 aromatic heterocycles. The minimum atomic E-state index is -0.914. The Bertz CT molecular complexity index is 1830. The molecule has 4 aromatic rings. The zero-order valence-corrected chi connectivity index (χ0v) is 31.6. The molecule has 6 rings (SSSR count). The number of amides is 2. The molecule has 0 saturated carbocycles. The van der Waals surface area contributed by atoms with Crippen LogP contribution in [-0.2, 0) is 27.8 Å². The molecular weight excluding hydrogens is 671 g/mol. The maximum atomic E-state index is 13.5. The number of unbranched alkanes of at least 4 members (excludes halogenated alkanes) is 1. The maximum absolute atomic E-state index is 13.5. The van der Waals surface area contributed by atoms with Gasteiger partial charge in [0.2, 0.25) is 5.91 Å². The Morgan fingerprint density at radius 2 is 1.62 bits per heavy atom. The lowest BCUT2D eigenvalue weighted by Gasteiger charge is -2.38. The fourth-order valence-electron chi connectivity index (χ4n) is 7.01. The van der Waals surface area contributed by atoms with Crippen molar-refractivity contribution in [2.24, 2.45) is 5.92 Å². The van der Waals surface area contributed by atoms with E-state index in [1.807, 2.05) is 42.7 Å². The molecule has 9 nitrogen and oxygen atoms in total. The van der Waals surface area contributed by atoms with E-state index >= 15 is 0 Å². The highest BCUT2D eigenvalue weighted by Gasteiger charge is 2.39. The van der Waals surface area contributed by atoms with Gasteiger partial charge in [-0.2, -0.15) is 0 Å². The fourth-order valence-corrected chi connectivity index (χ4v) is 7.98. The number of carboxylic acid groups (broad SMARTS) is 1. The Morgan fingerprint density at radius 3 is 2.25 bits per heavy atom. The zero-order chi connectivity index (χ0) is 36.8. The number of carboxylic acids is 1. The molecule has 2 fully saturated rings. The zero-order valence-electron chi connectivity index (χ0n) is 30.8. The third-order valence-electron chi connectivity index (χ3n) is 10.4. The van der Waals surface area contributed by atoms with E-state index in [1.54, 1.807) is 6.07 Å². The minimum absolute atomic E-state index is 0.0920. The van der Waals surface area contributed by atoms with Gasteiger partial charge in [0.1, 0.15) is 6.04 Å². The number of thiophene rings is 1. The third kappa shape index (κ3) is 9.07. The first-order chi connectivity index (χ1) is 25.0. The molecule has 52 heavy (non-hydrogen) atoms. The van der Waals surface area contributed by atoms with Crippen molar-refractivity contribution in [3.8, 4) is 11.4 Å². The van der Waals surface area contributed by atoms with Gasteiger partial charge in [0.15, 0.2) is 5.82 Å². The van der Waals surface area contributed by atoms with Gasteiger partial charge in [-0.15, -0.1) is 11.3 Å². The first-order valence-corrected chi connectivity index (χ1v) is 19.5. The van der Waals surface area contributed by atoms with Gasteiger partial charge in [0.05, 0.1) is 28.9 Å². The topological polar surface area (TPSA) is 116 Å². The van der Waals surface area contributed by atoms with Gasteiger partial charge in [-0.3, -0.25) is 14.4 Å². The molecule has 2 saturated heterocycles. The number of nitrogens with zero attached hydrogens (tertiary/aromatic N) is 4. The summed E-state index contributed by atoms with van der Waals surface area (Å²) in [5.74, 6) is -0.886. The third-order valence-corrected chi connectivity index (χ3v) is 11.9. The molecule has 2 N–H and O–H groups in total. The van der Waals surface area contributed by atoms with Crippen LogP contribution in [0, 0.1) is 5.92 Å². The monoisotopic (exact) mass is 721 g/mol. The number of benzene rings is 2. The number of anilines is 1. The molecule has 1 unspecified atom stereocenters. The number of carbonyl (C=O) groups is 3. The molecule has 0 bridgehead atoms. The molecule has 10 heteroatoms. The number of aliphatic carboxylic acids is 1. The van der Waals surface area contributed by atoms with Crippen molar-refractivity contribution in [2.75, 3.05) is 31.1 Å². The van der Waals surface area contributed by atoms with Crippen LogP contribution in [0.15, 0.2) is 73.1 Å². The lowest BCUT2D eigenvalue weighted by molar-refractivity contribution is -0.153. The Balaban J connectivity index is 1.08. The fraction of sp³-hybridized carbons (Fsp3) is 0.452.